The number of aromatic nitrogens is 1. The van der Waals surface area contributed by atoms with Gasteiger partial charge in [0.25, 0.3) is 0 Å². The minimum Gasteiger partial charge on any atom is -0.250 e. The SMILES string of the molecule is Cc1ncc(CNS(=O)(=O)Cc2ccccc2C#N)s1. The van der Waals surface area contributed by atoms with Gasteiger partial charge in [-0.15, -0.1) is 11.3 Å². The van der Waals surface area contributed by atoms with Gasteiger partial charge >= 0.3 is 0 Å². The number of thiazole rings is 1. The maximum Gasteiger partial charge on any atom is 0.216 e. The van der Waals surface area contributed by atoms with Crippen molar-refractivity contribution in [2.45, 2.75) is 19.2 Å². The summed E-state index contributed by atoms with van der Waals surface area (Å²) in [6.07, 6.45) is 1.66. The van der Waals surface area contributed by atoms with Crippen molar-refractivity contribution in [2.24, 2.45) is 0 Å². The third-order valence-electron chi connectivity index (χ3n) is 2.62. The first-order chi connectivity index (χ1) is 9.50. The maximum atomic E-state index is 12.0. The molecule has 0 saturated heterocycles. The average Bonchev–Trinajstić information content (AvgIpc) is 2.83. The molecule has 5 nitrogen and oxygen atoms in total. The predicted molar refractivity (Wildman–Crippen MR) is 77.5 cm³/mol. The van der Waals surface area contributed by atoms with Gasteiger partial charge in [0.1, 0.15) is 0 Å². The molecule has 0 spiro atoms. The quantitative estimate of drug-likeness (QED) is 0.915. The van der Waals surface area contributed by atoms with Crippen LogP contribution in [0.25, 0.3) is 0 Å². The van der Waals surface area contributed by atoms with E-state index in [0.29, 0.717) is 11.1 Å². The van der Waals surface area contributed by atoms with Crippen LogP contribution in [0.4, 0.5) is 0 Å². The number of nitrogens with one attached hydrogen (secondary N) is 1. The van der Waals surface area contributed by atoms with Gasteiger partial charge in [-0.3, -0.25) is 0 Å². The predicted octanol–water partition coefficient (Wildman–Crippen LogP) is 1.94. The second-order valence-corrected chi connectivity index (χ2v) is 7.32. The summed E-state index contributed by atoms with van der Waals surface area (Å²) < 4.78 is 26.5. The number of hydrogen-bond acceptors (Lipinski definition) is 5. The molecule has 0 atom stereocenters. The van der Waals surface area contributed by atoms with Crippen molar-refractivity contribution in [1.82, 2.24) is 9.71 Å². The molecule has 0 bridgehead atoms. The smallest absolute Gasteiger partial charge is 0.216 e. The summed E-state index contributed by atoms with van der Waals surface area (Å²) in [5, 5.41) is 9.85. The van der Waals surface area contributed by atoms with Crippen molar-refractivity contribution in [3.63, 3.8) is 0 Å². The standard InChI is InChI=1S/C13H13N3O2S2/c1-10-15-7-13(19-10)8-16-20(17,18)9-12-5-3-2-4-11(12)6-14/h2-5,7,16H,8-9H2,1H3. The minimum absolute atomic E-state index is 0.200. The number of nitriles is 1. The van der Waals surface area contributed by atoms with Gasteiger partial charge in [-0.2, -0.15) is 5.26 Å². The van der Waals surface area contributed by atoms with Gasteiger partial charge in [0.2, 0.25) is 10.0 Å². The summed E-state index contributed by atoms with van der Waals surface area (Å²) in [5.41, 5.74) is 0.884. The normalized spacial score (nSPS) is 11.2. The lowest BCUT2D eigenvalue weighted by molar-refractivity contribution is 0.581. The molecule has 0 radical (unpaired) electrons. The highest BCUT2D eigenvalue weighted by molar-refractivity contribution is 7.88. The number of hydrogen-bond donors (Lipinski definition) is 1. The largest absolute Gasteiger partial charge is 0.250 e. The molecule has 20 heavy (non-hydrogen) atoms. The Balaban J connectivity index is 2.06. The minimum atomic E-state index is -3.48. The molecule has 0 fully saturated rings. The average molecular weight is 307 g/mol. The third kappa shape index (κ3) is 3.87. The van der Waals surface area contributed by atoms with E-state index in [2.05, 4.69) is 9.71 Å². The van der Waals surface area contributed by atoms with E-state index in [0.717, 1.165) is 9.88 Å². The molecule has 0 aliphatic carbocycles. The third-order valence-corrected chi connectivity index (χ3v) is 4.81. The summed E-state index contributed by atoms with van der Waals surface area (Å²) in [4.78, 5) is 4.93. The Labute approximate surface area is 122 Å². The van der Waals surface area contributed by atoms with Crippen LogP contribution in [0.1, 0.15) is 21.0 Å². The molecule has 0 saturated carbocycles. The fraction of sp³-hybridized carbons (Fsp3) is 0.231. The molecule has 2 rings (SSSR count). The molecule has 2 aromatic rings. The molecule has 1 heterocycles. The molecule has 0 unspecified atom stereocenters. The number of sulfonamides is 1. The van der Waals surface area contributed by atoms with E-state index in [1.165, 1.54) is 11.3 Å². The molecular formula is C13H13N3O2S2. The van der Waals surface area contributed by atoms with Crippen LogP contribution < -0.4 is 4.72 Å². The van der Waals surface area contributed by atoms with Gasteiger partial charge in [0.15, 0.2) is 0 Å². The molecule has 1 aromatic carbocycles. The Bertz CT molecular complexity index is 745. The maximum absolute atomic E-state index is 12.0. The Morgan fingerprint density at radius 3 is 2.80 bits per heavy atom. The van der Waals surface area contributed by atoms with Crippen LogP contribution >= 0.6 is 11.3 Å². The van der Waals surface area contributed by atoms with Crippen LogP contribution in [-0.2, 0) is 22.3 Å². The highest BCUT2D eigenvalue weighted by atomic mass is 32.2. The highest BCUT2D eigenvalue weighted by Gasteiger charge is 2.14. The summed E-state index contributed by atoms with van der Waals surface area (Å²) in [6.45, 7) is 2.09. The van der Waals surface area contributed by atoms with Gasteiger partial charge < -0.3 is 0 Å². The lowest BCUT2D eigenvalue weighted by Gasteiger charge is -2.06. The first-order valence-corrected chi connectivity index (χ1v) is 8.34. The summed E-state index contributed by atoms with van der Waals surface area (Å²) in [5.74, 6) is -0.200. The molecule has 1 aromatic heterocycles. The molecule has 104 valence electrons. The number of aryl methyl sites for hydroxylation is 1. The summed E-state index contributed by atoms with van der Waals surface area (Å²) >= 11 is 1.45. The Morgan fingerprint density at radius 2 is 2.15 bits per heavy atom. The van der Waals surface area contributed by atoms with Gasteiger partial charge in [-0.05, 0) is 18.6 Å². The van der Waals surface area contributed by atoms with E-state index in [1.807, 2.05) is 13.0 Å². The van der Waals surface area contributed by atoms with Crippen molar-refractivity contribution in [3.05, 3.63) is 51.5 Å². The van der Waals surface area contributed by atoms with E-state index >= 15 is 0 Å². The lowest BCUT2D eigenvalue weighted by Crippen LogP contribution is -2.24. The lowest BCUT2D eigenvalue weighted by atomic mass is 10.1. The van der Waals surface area contributed by atoms with Gasteiger partial charge in [0.05, 0.1) is 22.4 Å². The fourth-order valence-corrected chi connectivity index (χ4v) is 3.64. The van der Waals surface area contributed by atoms with Crippen molar-refractivity contribution in [3.8, 4) is 6.07 Å². The molecule has 0 aliphatic heterocycles. The molecular weight excluding hydrogens is 294 g/mol. The number of nitrogens with zero attached hydrogens (tertiary/aromatic N) is 2. The fourth-order valence-electron chi connectivity index (χ4n) is 1.68. The summed E-state index contributed by atoms with van der Waals surface area (Å²) in [6, 6.07) is 8.68. The molecule has 0 aliphatic rings. The second kappa shape index (κ2) is 6.13. The van der Waals surface area contributed by atoms with Crippen molar-refractivity contribution >= 4 is 21.4 Å². The van der Waals surface area contributed by atoms with E-state index in [-0.39, 0.29) is 12.3 Å². The number of rotatable bonds is 5. The van der Waals surface area contributed by atoms with Crippen LogP contribution in [0.5, 0.6) is 0 Å². The van der Waals surface area contributed by atoms with Gasteiger partial charge in [0, 0.05) is 17.6 Å². The van der Waals surface area contributed by atoms with Crippen LogP contribution in [-0.4, -0.2) is 13.4 Å². The van der Waals surface area contributed by atoms with E-state index < -0.39 is 10.0 Å². The van der Waals surface area contributed by atoms with E-state index in [9.17, 15) is 8.42 Å². The van der Waals surface area contributed by atoms with Gasteiger partial charge in [-0.1, -0.05) is 18.2 Å². The Kier molecular flexibility index (Phi) is 4.49. The van der Waals surface area contributed by atoms with E-state index in [4.69, 9.17) is 5.26 Å². The van der Waals surface area contributed by atoms with Crippen LogP contribution in [0.3, 0.4) is 0 Å². The zero-order valence-electron chi connectivity index (χ0n) is 10.8. The Hall–Kier alpha value is -1.75. The van der Waals surface area contributed by atoms with Crippen molar-refractivity contribution in [2.75, 3.05) is 0 Å². The van der Waals surface area contributed by atoms with Crippen molar-refractivity contribution < 1.29 is 8.42 Å². The Morgan fingerprint density at radius 1 is 1.40 bits per heavy atom. The number of benzene rings is 1. The first kappa shape index (κ1) is 14.7. The molecule has 7 heteroatoms. The monoisotopic (exact) mass is 307 g/mol. The summed E-state index contributed by atoms with van der Waals surface area (Å²) in [7, 11) is -3.48. The zero-order valence-corrected chi connectivity index (χ0v) is 12.5. The highest BCUT2D eigenvalue weighted by Crippen LogP contribution is 2.13. The second-order valence-electron chi connectivity index (χ2n) is 4.19. The zero-order chi connectivity index (χ0) is 14.6. The molecule has 1 N–H and O–H groups in total. The first-order valence-electron chi connectivity index (χ1n) is 5.87. The topological polar surface area (TPSA) is 82.8 Å². The van der Waals surface area contributed by atoms with Crippen LogP contribution in [0, 0.1) is 18.3 Å². The van der Waals surface area contributed by atoms with Crippen LogP contribution in [0.15, 0.2) is 30.5 Å². The van der Waals surface area contributed by atoms with Crippen LogP contribution in [0.2, 0.25) is 0 Å². The van der Waals surface area contributed by atoms with E-state index in [1.54, 1.807) is 30.5 Å². The molecule has 0 amide bonds. The van der Waals surface area contributed by atoms with Crippen molar-refractivity contribution in [1.29, 1.82) is 5.26 Å². The van der Waals surface area contributed by atoms with Gasteiger partial charge in [-0.25, -0.2) is 18.1 Å².